The molecule has 5 aromatic rings. The number of aromatic amines is 1. The summed E-state index contributed by atoms with van der Waals surface area (Å²) < 4.78 is 1.22. The molecule has 0 atom stereocenters. The van der Waals surface area contributed by atoms with E-state index in [0.29, 0.717) is 5.56 Å². The lowest BCUT2D eigenvalue weighted by molar-refractivity contribution is 1.30. The highest BCUT2D eigenvalue weighted by Gasteiger charge is 2.16. The van der Waals surface area contributed by atoms with Crippen molar-refractivity contribution in [3.63, 3.8) is 0 Å². The van der Waals surface area contributed by atoms with Gasteiger partial charge in [0, 0.05) is 56.4 Å². The van der Waals surface area contributed by atoms with Crippen LogP contribution in [0.15, 0.2) is 66.4 Å². The number of aryl methyl sites for hydroxylation is 1. The Labute approximate surface area is 166 Å². The van der Waals surface area contributed by atoms with E-state index in [9.17, 15) is 5.26 Å². The highest BCUT2D eigenvalue weighted by molar-refractivity contribution is 7.17. The number of anilines is 2. The standard InChI is InChI=1S/C23H16N4S/c1-14-16-8-9-26-21(16)7-6-20(14)27-23-15(10-24)11-25-12-18(23)19-13-28-22-5-3-2-4-17(19)22/h2-9,11-13,26H,1H3,(H,25,27). The fourth-order valence-electron chi connectivity index (χ4n) is 3.62. The number of nitrogens with zero attached hydrogens (tertiary/aromatic N) is 2. The van der Waals surface area contributed by atoms with Crippen LogP contribution < -0.4 is 5.32 Å². The predicted octanol–water partition coefficient (Wildman–Crippen LogP) is 6.37. The summed E-state index contributed by atoms with van der Waals surface area (Å²) in [6.45, 7) is 2.09. The maximum Gasteiger partial charge on any atom is 0.103 e. The molecule has 0 aliphatic rings. The molecule has 28 heavy (non-hydrogen) atoms. The van der Waals surface area contributed by atoms with Crippen LogP contribution in [0, 0.1) is 18.3 Å². The van der Waals surface area contributed by atoms with Gasteiger partial charge in [0.2, 0.25) is 0 Å². The van der Waals surface area contributed by atoms with Gasteiger partial charge in [-0.3, -0.25) is 4.98 Å². The molecular weight excluding hydrogens is 364 g/mol. The highest BCUT2D eigenvalue weighted by Crippen LogP contribution is 2.40. The third-order valence-corrected chi connectivity index (χ3v) is 6.06. The van der Waals surface area contributed by atoms with Gasteiger partial charge in [0.1, 0.15) is 6.07 Å². The van der Waals surface area contributed by atoms with E-state index in [1.807, 2.05) is 30.6 Å². The third kappa shape index (κ3) is 2.55. The van der Waals surface area contributed by atoms with E-state index < -0.39 is 0 Å². The summed E-state index contributed by atoms with van der Waals surface area (Å²) in [7, 11) is 0. The molecular formula is C23H16N4S. The molecule has 5 heteroatoms. The smallest absolute Gasteiger partial charge is 0.103 e. The minimum atomic E-state index is 0.529. The zero-order valence-electron chi connectivity index (χ0n) is 15.2. The summed E-state index contributed by atoms with van der Waals surface area (Å²) in [6.07, 6.45) is 5.39. The molecule has 0 radical (unpaired) electrons. The Balaban J connectivity index is 1.70. The zero-order chi connectivity index (χ0) is 19.1. The lowest BCUT2D eigenvalue weighted by atomic mass is 10.0. The molecule has 2 N–H and O–H groups in total. The van der Waals surface area contributed by atoms with E-state index in [2.05, 4.69) is 57.9 Å². The van der Waals surface area contributed by atoms with E-state index in [1.165, 1.54) is 15.5 Å². The van der Waals surface area contributed by atoms with E-state index >= 15 is 0 Å². The van der Waals surface area contributed by atoms with Crippen LogP contribution in [0.5, 0.6) is 0 Å². The summed E-state index contributed by atoms with van der Waals surface area (Å²) >= 11 is 1.70. The van der Waals surface area contributed by atoms with Crippen molar-refractivity contribution < 1.29 is 0 Å². The number of benzene rings is 2. The van der Waals surface area contributed by atoms with Crippen molar-refractivity contribution in [1.29, 1.82) is 5.26 Å². The second kappa shape index (κ2) is 6.52. The van der Waals surface area contributed by atoms with Crippen LogP contribution in [0.4, 0.5) is 11.4 Å². The Kier molecular flexibility index (Phi) is 3.85. The molecule has 0 saturated heterocycles. The van der Waals surface area contributed by atoms with Crippen LogP contribution in [-0.4, -0.2) is 9.97 Å². The molecule has 0 aliphatic heterocycles. The predicted molar refractivity (Wildman–Crippen MR) is 116 cm³/mol. The number of thiophene rings is 1. The van der Waals surface area contributed by atoms with Gasteiger partial charge in [-0.05, 0) is 42.1 Å². The lowest BCUT2D eigenvalue weighted by Gasteiger charge is -2.15. The molecule has 134 valence electrons. The molecule has 0 fully saturated rings. The van der Waals surface area contributed by atoms with Gasteiger partial charge in [-0.25, -0.2) is 0 Å². The number of hydrogen-bond acceptors (Lipinski definition) is 4. The Morgan fingerprint density at radius 1 is 1.04 bits per heavy atom. The van der Waals surface area contributed by atoms with Crippen LogP contribution in [0.3, 0.4) is 0 Å². The van der Waals surface area contributed by atoms with Crippen LogP contribution in [0.1, 0.15) is 11.1 Å². The van der Waals surface area contributed by atoms with Gasteiger partial charge in [-0.1, -0.05) is 18.2 Å². The van der Waals surface area contributed by atoms with Gasteiger partial charge in [-0.2, -0.15) is 5.26 Å². The number of nitriles is 1. The normalized spacial score (nSPS) is 11.0. The van der Waals surface area contributed by atoms with E-state index in [0.717, 1.165) is 33.6 Å². The first-order valence-electron chi connectivity index (χ1n) is 8.94. The second-order valence-corrected chi connectivity index (χ2v) is 7.58. The maximum atomic E-state index is 9.71. The van der Waals surface area contributed by atoms with E-state index in [4.69, 9.17) is 0 Å². The molecule has 3 heterocycles. The first kappa shape index (κ1) is 16.5. The number of hydrogen-bond donors (Lipinski definition) is 2. The SMILES string of the molecule is Cc1c(Nc2c(C#N)cncc2-c2csc3ccccc23)ccc2[nH]ccc12. The van der Waals surface area contributed by atoms with Crippen molar-refractivity contribution in [2.45, 2.75) is 6.92 Å². The summed E-state index contributed by atoms with van der Waals surface area (Å²) in [6, 6.07) is 16.8. The molecule has 3 aromatic heterocycles. The number of nitrogens with one attached hydrogen (secondary N) is 2. The summed E-state index contributed by atoms with van der Waals surface area (Å²) in [4.78, 5) is 7.56. The average Bonchev–Trinajstić information content (AvgIpc) is 3.37. The van der Waals surface area contributed by atoms with Gasteiger partial charge in [-0.15, -0.1) is 11.3 Å². The van der Waals surface area contributed by atoms with Crippen molar-refractivity contribution in [2.24, 2.45) is 0 Å². The number of pyridine rings is 1. The molecule has 0 aliphatic carbocycles. The summed E-state index contributed by atoms with van der Waals surface area (Å²) in [5.41, 5.74) is 6.57. The summed E-state index contributed by atoms with van der Waals surface area (Å²) in [5.74, 6) is 0. The third-order valence-electron chi connectivity index (χ3n) is 5.10. The Morgan fingerprint density at radius 2 is 1.93 bits per heavy atom. The van der Waals surface area contributed by atoms with E-state index in [-0.39, 0.29) is 0 Å². The van der Waals surface area contributed by atoms with Crippen molar-refractivity contribution in [1.82, 2.24) is 9.97 Å². The topological polar surface area (TPSA) is 64.5 Å². The molecule has 5 rings (SSSR count). The van der Waals surface area contributed by atoms with Crippen LogP contribution in [-0.2, 0) is 0 Å². The van der Waals surface area contributed by atoms with Crippen molar-refractivity contribution in [2.75, 3.05) is 5.32 Å². The molecule has 0 unspecified atom stereocenters. The Bertz CT molecular complexity index is 1370. The molecule has 0 saturated carbocycles. The van der Waals surface area contributed by atoms with Crippen molar-refractivity contribution >= 4 is 43.7 Å². The number of fused-ring (bicyclic) bond motifs is 2. The molecule has 0 amide bonds. The molecule has 0 bridgehead atoms. The first-order valence-corrected chi connectivity index (χ1v) is 9.82. The number of aromatic nitrogens is 2. The second-order valence-electron chi connectivity index (χ2n) is 6.67. The number of H-pyrrole nitrogens is 1. The van der Waals surface area contributed by atoms with Crippen LogP contribution in [0.25, 0.3) is 32.1 Å². The summed E-state index contributed by atoms with van der Waals surface area (Å²) in [5, 5.41) is 17.7. The maximum absolute atomic E-state index is 9.71. The van der Waals surface area contributed by atoms with Gasteiger partial charge in [0.15, 0.2) is 0 Å². The first-order chi connectivity index (χ1) is 13.8. The zero-order valence-corrected chi connectivity index (χ0v) is 16.0. The van der Waals surface area contributed by atoms with Crippen LogP contribution >= 0.6 is 11.3 Å². The van der Waals surface area contributed by atoms with E-state index in [1.54, 1.807) is 17.5 Å². The fraction of sp³-hybridized carbons (Fsp3) is 0.0435. The van der Waals surface area contributed by atoms with Crippen LogP contribution in [0.2, 0.25) is 0 Å². The van der Waals surface area contributed by atoms with Gasteiger partial charge in [0.25, 0.3) is 0 Å². The largest absolute Gasteiger partial charge is 0.361 e. The Hall–Kier alpha value is -3.62. The monoisotopic (exact) mass is 380 g/mol. The minimum absolute atomic E-state index is 0.529. The molecule has 4 nitrogen and oxygen atoms in total. The lowest BCUT2D eigenvalue weighted by Crippen LogP contribution is -1.99. The number of rotatable bonds is 3. The van der Waals surface area contributed by atoms with Crippen molar-refractivity contribution in [3.05, 3.63) is 77.6 Å². The minimum Gasteiger partial charge on any atom is -0.361 e. The quantitative estimate of drug-likeness (QED) is 0.382. The fourth-order valence-corrected chi connectivity index (χ4v) is 4.59. The molecule has 0 spiro atoms. The molecule has 2 aromatic carbocycles. The van der Waals surface area contributed by atoms with Crippen molar-refractivity contribution in [3.8, 4) is 17.2 Å². The van der Waals surface area contributed by atoms with Gasteiger partial charge >= 0.3 is 0 Å². The highest BCUT2D eigenvalue weighted by atomic mass is 32.1. The Morgan fingerprint density at radius 3 is 2.82 bits per heavy atom. The van der Waals surface area contributed by atoms with Gasteiger partial charge in [0.05, 0.1) is 11.3 Å². The van der Waals surface area contributed by atoms with Gasteiger partial charge < -0.3 is 10.3 Å². The average molecular weight is 380 g/mol.